The van der Waals surface area contributed by atoms with Crippen LogP contribution in [0.2, 0.25) is 10.0 Å². The molecule has 0 aliphatic rings. The summed E-state index contributed by atoms with van der Waals surface area (Å²) in [5.74, 6) is 0. The van der Waals surface area contributed by atoms with Gasteiger partial charge in [-0.1, -0.05) is 41.4 Å². The molecule has 0 radical (unpaired) electrons. The van der Waals surface area contributed by atoms with Crippen LogP contribution in [0.25, 0.3) is 0 Å². The number of hydrogen-bond acceptors (Lipinski definition) is 1. The summed E-state index contributed by atoms with van der Waals surface area (Å²) in [6.45, 7) is 2.74. The van der Waals surface area contributed by atoms with Gasteiger partial charge < -0.3 is 5.32 Å². The van der Waals surface area contributed by atoms with Gasteiger partial charge in [-0.15, -0.1) is 0 Å². The van der Waals surface area contributed by atoms with Crippen LogP contribution < -0.4 is 5.32 Å². The second kappa shape index (κ2) is 5.44. The first kappa shape index (κ1) is 12.3. The van der Waals surface area contributed by atoms with Gasteiger partial charge in [-0.2, -0.15) is 0 Å². The first-order chi connectivity index (χ1) is 8.16. The highest BCUT2D eigenvalue weighted by Crippen LogP contribution is 2.22. The number of hydrogen-bond donors (Lipinski definition) is 1. The summed E-state index contributed by atoms with van der Waals surface area (Å²) in [5, 5.41) is 4.79. The molecule has 2 aromatic rings. The minimum absolute atomic E-state index is 0.671. The first-order valence-electron chi connectivity index (χ1n) is 5.40. The molecule has 0 spiro atoms. The normalized spacial score (nSPS) is 10.3. The van der Waals surface area contributed by atoms with Gasteiger partial charge in [-0.05, 0) is 42.3 Å². The van der Waals surface area contributed by atoms with Crippen molar-refractivity contribution in [2.24, 2.45) is 0 Å². The molecule has 0 heterocycles. The van der Waals surface area contributed by atoms with E-state index in [9.17, 15) is 0 Å². The van der Waals surface area contributed by atoms with E-state index in [0.717, 1.165) is 16.3 Å². The molecule has 2 rings (SSSR count). The van der Waals surface area contributed by atoms with Crippen molar-refractivity contribution in [2.75, 3.05) is 5.32 Å². The fourth-order valence-corrected chi connectivity index (χ4v) is 2.02. The van der Waals surface area contributed by atoms with Gasteiger partial charge in [0.15, 0.2) is 0 Å². The highest BCUT2D eigenvalue weighted by Gasteiger charge is 2.02. The van der Waals surface area contributed by atoms with E-state index in [1.165, 1.54) is 5.56 Å². The molecule has 0 fully saturated rings. The van der Waals surface area contributed by atoms with Gasteiger partial charge >= 0.3 is 0 Å². The van der Waals surface area contributed by atoms with Gasteiger partial charge in [-0.3, -0.25) is 0 Å². The van der Waals surface area contributed by atoms with Crippen molar-refractivity contribution in [3.05, 3.63) is 63.6 Å². The number of rotatable bonds is 3. The molecule has 3 heteroatoms. The van der Waals surface area contributed by atoms with Crippen molar-refractivity contribution in [1.82, 2.24) is 0 Å². The zero-order valence-corrected chi connectivity index (χ0v) is 11.0. The highest BCUT2D eigenvalue weighted by atomic mass is 35.5. The largest absolute Gasteiger partial charge is 0.381 e. The number of benzene rings is 2. The SMILES string of the molecule is Cc1ccccc1NCc1cc(Cl)ccc1Cl. The van der Waals surface area contributed by atoms with Crippen molar-refractivity contribution < 1.29 is 0 Å². The summed E-state index contributed by atoms with van der Waals surface area (Å²) in [7, 11) is 0. The fraction of sp³-hybridized carbons (Fsp3) is 0.143. The van der Waals surface area contributed by atoms with Gasteiger partial charge in [0.25, 0.3) is 0 Å². The minimum atomic E-state index is 0.671. The molecule has 0 aliphatic heterocycles. The van der Waals surface area contributed by atoms with Gasteiger partial charge in [-0.25, -0.2) is 0 Å². The number of para-hydroxylation sites is 1. The summed E-state index contributed by atoms with van der Waals surface area (Å²) in [5.41, 5.74) is 3.33. The van der Waals surface area contributed by atoms with Gasteiger partial charge in [0, 0.05) is 22.3 Å². The molecule has 0 bridgehead atoms. The molecule has 0 aromatic heterocycles. The Bertz CT molecular complexity index is 523. The van der Waals surface area contributed by atoms with E-state index >= 15 is 0 Å². The Kier molecular flexibility index (Phi) is 3.93. The molecule has 0 atom stereocenters. The van der Waals surface area contributed by atoms with E-state index in [1.54, 1.807) is 6.07 Å². The summed E-state index contributed by atoms with van der Waals surface area (Å²) in [6.07, 6.45) is 0. The molecule has 0 aliphatic carbocycles. The zero-order valence-electron chi connectivity index (χ0n) is 9.50. The fourth-order valence-electron chi connectivity index (χ4n) is 1.64. The van der Waals surface area contributed by atoms with Crippen molar-refractivity contribution in [3.8, 4) is 0 Å². The lowest BCUT2D eigenvalue weighted by molar-refractivity contribution is 1.14. The Morgan fingerprint density at radius 3 is 2.59 bits per heavy atom. The average molecular weight is 266 g/mol. The third-order valence-corrected chi connectivity index (χ3v) is 3.23. The second-order valence-corrected chi connectivity index (χ2v) is 4.75. The standard InChI is InChI=1S/C14H13Cl2N/c1-10-4-2-3-5-14(10)17-9-11-8-12(15)6-7-13(11)16/h2-8,17H,9H2,1H3. The average Bonchev–Trinajstić information content (AvgIpc) is 2.32. The summed E-state index contributed by atoms with van der Waals surface area (Å²) < 4.78 is 0. The Hall–Kier alpha value is -1.18. The first-order valence-corrected chi connectivity index (χ1v) is 6.16. The third-order valence-electron chi connectivity index (χ3n) is 2.62. The maximum Gasteiger partial charge on any atom is 0.0456 e. The molecule has 0 unspecified atom stereocenters. The zero-order chi connectivity index (χ0) is 12.3. The summed E-state index contributed by atoms with van der Waals surface area (Å²) in [6, 6.07) is 13.6. The Morgan fingerprint density at radius 1 is 1.06 bits per heavy atom. The molecule has 17 heavy (non-hydrogen) atoms. The van der Waals surface area contributed by atoms with Gasteiger partial charge in [0.05, 0.1) is 0 Å². The topological polar surface area (TPSA) is 12.0 Å². The van der Waals surface area contributed by atoms with Crippen LogP contribution in [0.3, 0.4) is 0 Å². The van der Waals surface area contributed by atoms with E-state index in [0.29, 0.717) is 11.6 Å². The molecule has 88 valence electrons. The van der Waals surface area contributed by atoms with Crippen molar-refractivity contribution in [3.63, 3.8) is 0 Å². The van der Waals surface area contributed by atoms with Crippen molar-refractivity contribution in [1.29, 1.82) is 0 Å². The lowest BCUT2D eigenvalue weighted by Gasteiger charge is -2.10. The van der Waals surface area contributed by atoms with Crippen LogP contribution in [0.1, 0.15) is 11.1 Å². The number of nitrogens with one attached hydrogen (secondary N) is 1. The smallest absolute Gasteiger partial charge is 0.0456 e. The van der Waals surface area contributed by atoms with Crippen LogP contribution >= 0.6 is 23.2 Å². The van der Waals surface area contributed by atoms with E-state index < -0.39 is 0 Å². The predicted molar refractivity (Wildman–Crippen MR) is 75.0 cm³/mol. The Balaban J connectivity index is 2.12. The maximum atomic E-state index is 6.10. The van der Waals surface area contributed by atoms with Gasteiger partial charge in [0.2, 0.25) is 0 Å². The maximum absolute atomic E-state index is 6.10. The Morgan fingerprint density at radius 2 is 1.82 bits per heavy atom. The minimum Gasteiger partial charge on any atom is -0.381 e. The lowest BCUT2D eigenvalue weighted by Crippen LogP contribution is -2.01. The summed E-state index contributed by atoms with van der Waals surface area (Å²) >= 11 is 12.0. The molecule has 0 amide bonds. The number of aryl methyl sites for hydroxylation is 1. The van der Waals surface area contributed by atoms with E-state index in [4.69, 9.17) is 23.2 Å². The lowest BCUT2D eigenvalue weighted by atomic mass is 10.2. The van der Waals surface area contributed by atoms with Gasteiger partial charge in [0.1, 0.15) is 0 Å². The van der Waals surface area contributed by atoms with E-state index in [-0.39, 0.29) is 0 Å². The van der Waals surface area contributed by atoms with E-state index in [2.05, 4.69) is 18.3 Å². The van der Waals surface area contributed by atoms with Crippen LogP contribution in [0.15, 0.2) is 42.5 Å². The van der Waals surface area contributed by atoms with Crippen LogP contribution in [-0.4, -0.2) is 0 Å². The Labute approximate surface area is 111 Å². The molecule has 1 nitrogen and oxygen atoms in total. The number of halogens is 2. The van der Waals surface area contributed by atoms with Crippen molar-refractivity contribution in [2.45, 2.75) is 13.5 Å². The molecule has 2 aromatic carbocycles. The molecule has 0 saturated heterocycles. The van der Waals surface area contributed by atoms with Crippen LogP contribution in [0, 0.1) is 6.92 Å². The van der Waals surface area contributed by atoms with Crippen LogP contribution in [0.5, 0.6) is 0 Å². The molecular weight excluding hydrogens is 253 g/mol. The predicted octanol–water partition coefficient (Wildman–Crippen LogP) is 4.91. The quantitative estimate of drug-likeness (QED) is 0.831. The highest BCUT2D eigenvalue weighted by molar-refractivity contribution is 6.33. The van der Waals surface area contributed by atoms with E-state index in [1.807, 2.05) is 30.3 Å². The van der Waals surface area contributed by atoms with Crippen molar-refractivity contribution >= 4 is 28.9 Å². The van der Waals surface area contributed by atoms with Crippen LogP contribution in [-0.2, 0) is 6.54 Å². The van der Waals surface area contributed by atoms with Crippen LogP contribution in [0.4, 0.5) is 5.69 Å². The monoisotopic (exact) mass is 265 g/mol. The number of anilines is 1. The molecule has 1 N–H and O–H groups in total. The third kappa shape index (κ3) is 3.15. The summed E-state index contributed by atoms with van der Waals surface area (Å²) in [4.78, 5) is 0. The molecule has 0 saturated carbocycles. The molecular formula is C14H13Cl2N. The second-order valence-electron chi connectivity index (χ2n) is 3.90.